The van der Waals surface area contributed by atoms with Crippen molar-refractivity contribution in [3.63, 3.8) is 0 Å². The second-order valence-electron chi connectivity index (χ2n) is 3.57. The van der Waals surface area contributed by atoms with E-state index in [0.717, 1.165) is 5.56 Å². The summed E-state index contributed by atoms with van der Waals surface area (Å²) in [6.07, 6.45) is 3.38. The molecule has 0 spiro atoms. The van der Waals surface area contributed by atoms with Crippen molar-refractivity contribution in [1.82, 2.24) is 9.97 Å². The number of nitriles is 1. The van der Waals surface area contributed by atoms with Gasteiger partial charge in [-0.15, -0.1) is 0 Å². The number of ether oxygens (including phenoxy) is 1. The summed E-state index contributed by atoms with van der Waals surface area (Å²) in [4.78, 5) is 7.82. The summed E-state index contributed by atoms with van der Waals surface area (Å²) in [5, 5.41) is 17.4. The van der Waals surface area contributed by atoms with E-state index in [1.54, 1.807) is 12.1 Å². The lowest BCUT2D eigenvalue weighted by Gasteiger charge is -2.04. The number of rotatable bonds is 4. The van der Waals surface area contributed by atoms with Crippen molar-refractivity contribution >= 4 is 0 Å². The molecular formula is C13H11N3O2. The second-order valence-corrected chi connectivity index (χ2v) is 3.57. The second kappa shape index (κ2) is 5.75. The molecule has 0 saturated carbocycles. The van der Waals surface area contributed by atoms with E-state index in [0.29, 0.717) is 18.1 Å². The molecule has 1 heterocycles. The molecule has 0 unspecified atom stereocenters. The average molecular weight is 241 g/mol. The quantitative estimate of drug-likeness (QED) is 0.880. The summed E-state index contributed by atoms with van der Waals surface area (Å²) in [5.74, 6) is 0.972. The molecule has 1 aromatic heterocycles. The number of aromatic nitrogens is 2. The maximum atomic E-state index is 8.80. The van der Waals surface area contributed by atoms with E-state index in [4.69, 9.17) is 15.1 Å². The third-order valence-corrected chi connectivity index (χ3v) is 2.29. The number of aliphatic hydroxyl groups is 1. The van der Waals surface area contributed by atoms with Gasteiger partial charge in [0.2, 0.25) is 5.88 Å². The first-order valence-corrected chi connectivity index (χ1v) is 5.41. The Morgan fingerprint density at radius 1 is 1.17 bits per heavy atom. The Bertz CT molecular complexity index is 544. The summed E-state index contributed by atoms with van der Waals surface area (Å²) < 4.78 is 5.47. The summed E-state index contributed by atoms with van der Waals surface area (Å²) in [6.45, 7) is 0.126. The number of hydrogen-bond acceptors (Lipinski definition) is 5. The van der Waals surface area contributed by atoms with Gasteiger partial charge in [-0.2, -0.15) is 5.26 Å². The van der Waals surface area contributed by atoms with Crippen LogP contribution in [0.15, 0.2) is 36.7 Å². The molecular weight excluding hydrogens is 230 g/mol. The standard InChI is InChI=1S/C13H11N3O2/c14-7-11-8-16-13(9-15-11)18-12-3-1-10(2-4-12)5-6-17/h1-4,8-9,17H,5-6H2. The van der Waals surface area contributed by atoms with Crippen LogP contribution < -0.4 is 4.74 Å². The van der Waals surface area contributed by atoms with Crippen LogP contribution in [-0.2, 0) is 6.42 Å². The largest absolute Gasteiger partial charge is 0.438 e. The van der Waals surface area contributed by atoms with Gasteiger partial charge in [-0.3, -0.25) is 0 Å². The van der Waals surface area contributed by atoms with Crippen molar-refractivity contribution in [1.29, 1.82) is 5.26 Å². The number of aliphatic hydroxyl groups excluding tert-OH is 1. The van der Waals surface area contributed by atoms with Gasteiger partial charge in [0.25, 0.3) is 0 Å². The van der Waals surface area contributed by atoms with Gasteiger partial charge in [0.05, 0.1) is 12.4 Å². The van der Waals surface area contributed by atoms with E-state index in [-0.39, 0.29) is 12.3 Å². The summed E-state index contributed by atoms with van der Waals surface area (Å²) >= 11 is 0. The third-order valence-electron chi connectivity index (χ3n) is 2.29. The van der Waals surface area contributed by atoms with Crippen LogP contribution in [-0.4, -0.2) is 21.7 Å². The molecule has 5 nitrogen and oxygen atoms in total. The van der Waals surface area contributed by atoms with Crippen LogP contribution in [0.5, 0.6) is 11.6 Å². The van der Waals surface area contributed by atoms with Gasteiger partial charge in [0.1, 0.15) is 11.8 Å². The minimum absolute atomic E-state index is 0.126. The van der Waals surface area contributed by atoms with E-state index >= 15 is 0 Å². The van der Waals surface area contributed by atoms with E-state index in [1.165, 1.54) is 12.4 Å². The molecule has 0 atom stereocenters. The highest BCUT2D eigenvalue weighted by atomic mass is 16.5. The molecule has 0 saturated heterocycles. The first kappa shape index (κ1) is 12.0. The zero-order valence-electron chi connectivity index (χ0n) is 9.58. The molecule has 0 aliphatic rings. The van der Waals surface area contributed by atoms with Crippen molar-refractivity contribution in [2.45, 2.75) is 6.42 Å². The Hall–Kier alpha value is -2.45. The molecule has 2 rings (SSSR count). The number of benzene rings is 1. The van der Waals surface area contributed by atoms with Crippen LogP contribution >= 0.6 is 0 Å². The van der Waals surface area contributed by atoms with E-state index in [2.05, 4.69) is 9.97 Å². The monoisotopic (exact) mass is 241 g/mol. The summed E-state index contributed by atoms with van der Waals surface area (Å²) in [7, 11) is 0. The molecule has 2 aromatic rings. The van der Waals surface area contributed by atoms with Crippen LogP contribution in [0.25, 0.3) is 0 Å². The van der Waals surface area contributed by atoms with Crippen molar-refractivity contribution in [2.24, 2.45) is 0 Å². The normalized spacial score (nSPS) is 9.78. The first-order valence-electron chi connectivity index (χ1n) is 5.41. The topological polar surface area (TPSA) is 79.0 Å². The Morgan fingerprint density at radius 3 is 2.50 bits per heavy atom. The fourth-order valence-corrected chi connectivity index (χ4v) is 1.40. The molecule has 0 fully saturated rings. The maximum absolute atomic E-state index is 8.80. The fourth-order valence-electron chi connectivity index (χ4n) is 1.40. The Morgan fingerprint density at radius 2 is 1.94 bits per heavy atom. The van der Waals surface area contributed by atoms with Crippen molar-refractivity contribution in [2.75, 3.05) is 6.61 Å². The molecule has 0 aliphatic carbocycles. The maximum Gasteiger partial charge on any atom is 0.237 e. The molecule has 90 valence electrons. The fraction of sp³-hybridized carbons (Fsp3) is 0.154. The smallest absolute Gasteiger partial charge is 0.237 e. The van der Waals surface area contributed by atoms with Crippen LogP contribution in [0.4, 0.5) is 0 Å². The van der Waals surface area contributed by atoms with Crippen molar-refractivity contribution < 1.29 is 9.84 Å². The molecule has 0 bridgehead atoms. The zero-order chi connectivity index (χ0) is 12.8. The summed E-state index contributed by atoms with van der Waals surface area (Å²) in [6, 6.07) is 9.23. The van der Waals surface area contributed by atoms with Gasteiger partial charge in [-0.25, -0.2) is 9.97 Å². The van der Waals surface area contributed by atoms with Gasteiger partial charge in [0, 0.05) is 6.61 Å². The van der Waals surface area contributed by atoms with Crippen LogP contribution in [0, 0.1) is 11.3 Å². The van der Waals surface area contributed by atoms with Gasteiger partial charge in [0.15, 0.2) is 5.69 Å². The number of hydrogen-bond donors (Lipinski definition) is 1. The van der Waals surface area contributed by atoms with Crippen molar-refractivity contribution in [3.05, 3.63) is 47.9 Å². The van der Waals surface area contributed by atoms with E-state index < -0.39 is 0 Å². The third kappa shape index (κ3) is 3.03. The minimum atomic E-state index is 0.126. The first-order chi connectivity index (χ1) is 8.81. The van der Waals surface area contributed by atoms with Gasteiger partial charge < -0.3 is 9.84 Å². The molecule has 0 amide bonds. The molecule has 0 radical (unpaired) electrons. The molecule has 0 aliphatic heterocycles. The highest BCUT2D eigenvalue weighted by Gasteiger charge is 2.00. The highest BCUT2D eigenvalue weighted by molar-refractivity contribution is 5.30. The van der Waals surface area contributed by atoms with Crippen LogP contribution in [0.2, 0.25) is 0 Å². The van der Waals surface area contributed by atoms with Gasteiger partial charge in [-0.05, 0) is 24.1 Å². The minimum Gasteiger partial charge on any atom is -0.438 e. The summed E-state index contributed by atoms with van der Waals surface area (Å²) in [5.41, 5.74) is 1.29. The molecule has 1 aromatic carbocycles. The Labute approximate surface area is 104 Å². The van der Waals surface area contributed by atoms with Gasteiger partial charge >= 0.3 is 0 Å². The Kier molecular flexibility index (Phi) is 3.84. The molecule has 1 N–H and O–H groups in total. The van der Waals surface area contributed by atoms with E-state index in [1.807, 2.05) is 18.2 Å². The molecule has 18 heavy (non-hydrogen) atoms. The van der Waals surface area contributed by atoms with Crippen LogP contribution in [0.3, 0.4) is 0 Å². The lowest BCUT2D eigenvalue weighted by Crippen LogP contribution is -1.92. The van der Waals surface area contributed by atoms with Gasteiger partial charge in [-0.1, -0.05) is 12.1 Å². The number of nitrogens with zero attached hydrogens (tertiary/aromatic N) is 3. The van der Waals surface area contributed by atoms with Crippen molar-refractivity contribution in [3.8, 4) is 17.7 Å². The molecule has 5 heteroatoms. The lowest BCUT2D eigenvalue weighted by molar-refractivity contribution is 0.299. The highest BCUT2D eigenvalue weighted by Crippen LogP contribution is 2.19. The predicted octanol–water partition coefficient (Wildman–Crippen LogP) is 1.68. The average Bonchev–Trinajstić information content (AvgIpc) is 2.42. The zero-order valence-corrected chi connectivity index (χ0v) is 9.58. The lowest BCUT2D eigenvalue weighted by atomic mass is 10.1. The SMILES string of the molecule is N#Cc1cnc(Oc2ccc(CCO)cc2)cn1. The van der Waals surface area contributed by atoms with Crippen LogP contribution in [0.1, 0.15) is 11.3 Å². The predicted molar refractivity (Wildman–Crippen MR) is 64.1 cm³/mol. The Balaban J connectivity index is 2.06. The van der Waals surface area contributed by atoms with E-state index in [9.17, 15) is 0 Å².